The van der Waals surface area contributed by atoms with Crippen molar-refractivity contribution in [3.8, 4) is 0 Å². The Labute approximate surface area is 411 Å². The summed E-state index contributed by atoms with van der Waals surface area (Å²) in [5.41, 5.74) is 6.56. The van der Waals surface area contributed by atoms with Crippen molar-refractivity contribution >= 4 is 34.9 Å². The molecule has 0 saturated carbocycles. The number of amides is 4. The van der Waals surface area contributed by atoms with E-state index in [2.05, 4.69) is 5.32 Å². The number of nitrogens with one attached hydrogen (secondary N) is 1. The Balaban J connectivity index is 1.03. The summed E-state index contributed by atoms with van der Waals surface area (Å²) in [4.78, 5) is 61.3. The normalized spacial score (nSPS) is 25.5. The first-order valence-electron chi connectivity index (χ1n) is 24.1. The molecule has 0 spiro atoms. The molecule has 13 heteroatoms. The van der Waals surface area contributed by atoms with Crippen LogP contribution >= 0.6 is 0 Å². The molecule has 71 heavy (non-hydrogen) atoms. The molecule has 3 saturated heterocycles. The number of nitrogens with zero attached hydrogens (tertiary/aromatic N) is 2. The SMILES string of the molecule is O=C1NC(=O)[C@H]2[C@H]1[C@H]1C(=O)N(COCc3ccccc3)C(=O)C1=C1c3ccccc3N([C@@H]3O[C@H](COCc4ccccc4)[C@@H](OCc4ccccc4)[C@H](OCc4ccccc4)[C@H]3OCc3ccccc3)[C@H]12. The summed E-state index contributed by atoms with van der Waals surface area (Å²) in [5, 5.41) is 2.56. The van der Waals surface area contributed by atoms with Gasteiger partial charge in [0.1, 0.15) is 31.1 Å². The predicted octanol–water partition coefficient (Wildman–Crippen LogP) is 7.39. The van der Waals surface area contributed by atoms with E-state index in [0.29, 0.717) is 23.4 Å². The summed E-state index contributed by atoms with van der Waals surface area (Å²) in [6, 6.07) is 55.4. The maximum atomic E-state index is 14.9. The van der Waals surface area contributed by atoms with Crippen LogP contribution in [0.25, 0.3) is 5.57 Å². The van der Waals surface area contributed by atoms with E-state index in [0.717, 1.165) is 32.7 Å². The van der Waals surface area contributed by atoms with Gasteiger partial charge in [-0.05, 0) is 39.5 Å². The number of benzene rings is 6. The molecule has 4 heterocycles. The van der Waals surface area contributed by atoms with Gasteiger partial charge in [-0.25, -0.2) is 0 Å². The molecule has 5 aliphatic rings. The molecule has 3 fully saturated rings. The van der Waals surface area contributed by atoms with E-state index in [4.69, 9.17) is 28.4 Å². The van der Waals surface area contributed by atoms with E-state index >= 15 is 0 Å². The molecule has 4 aliphatic heterocycles. The fourth-order valence-corrected chi connectivity index (χ4v) is 10.9. The number of carbonyl (C=O) groups excluding carboxylic acids is 4. The molecule has 4 amide bonds. The fourth-order valence-electron chi connectivity index (χ4n) is 10.9. The van der Waals surface area contributed by atoms with E-state index in [1.807, 2.05) is 181 Å². The second-order valence-electron chi connectivity index (χ2n) is 18.5. The highest BCUT2D eigenvalue weighted by Crippen LogP contribution is 2.57. The van der Waals surface area contributed by atoms with Crippen molar-refractivity contribution in [3.63, 3.8) is 0 Å². The number of fused-ring (bicyclic) bond motifs is 7. The Hall–Kier alpha value is -7.10. The highest BCUT2D eigenvalue weighted by atomic mass is 16.6. The van der Waals surface area contributed by atoms with Crippen LogP contribution in [0.4, 0.5) is 5.69 Å². The van der Waals surface area contributed by atoms with Gasteiger partial charge in [0, 0.05) is 16.8 Å². The van der Waals surface area contributed by atoms with Gasteiger partial charge in [-0.2, -0.15) is 0 Å². The van der Waals surface area contributed by atoms with Gasteiger partial charge in [0.2, 0.25) is 17.7 Å². The van der Waals surface area contributed by atoms with Gasteiger partial charge in [0.05, 0.1) is 63.4 Å². The van der Waals surface area contributed by atoms with Gasteiger partial charge in [0.15, 0.2) is 6.23 Å². The lowest BCUT2D eigenvalue weighted by atomic mass is 9.67. The minimum Gasteiger partial charge on any atom is -0.374 e. The number of imide groups is 2. The van der Waals surface area contributed by atoms with Crippen LogP contribution in [-0.2, 0) is 80.6 Å². The molecule has 13 nitrogen and oxygen atoms in total. The van der Waals surface area contributed by atoms with Crippen LogP contribution in [0.1, 0.15) is 33.4 Å². The lowest BCUT2D eigenvalue weighted by Crippen LogP contribution is -2.67. The van der Waals surface area contributed by atoms with Crippen LogP contribution in [0.2, 0.25) is 0 Å². The zero-order valence-corrected chi connectivity index (χ0v) is 38.9. The number of hydrogen-bond acceptors (Lipinski definition) is 11. The zero-order valence-electron chi connectivity index (χ0n) is 38.9. The first kappa shape index (κ1) is 46.3. The van der Waals surface area contributed by atoms with Gasteiger partial charge >= 0.3 is 0 Å². The summed E-state index contributed by atoms with van der Waals surface area (Å²) in [5.74, 6) is -5.81. The first-order valence-corrected chi connectivity index (χ1v) is 24.1. The lowest BCUT2D eigenvalue weighted by Gasteiger charge is -2.51. The smallest absolute Gasteiger partial charge is 0.259 e. The summed E-state index contributed by atoms with van der Waals surface area (Å²) < 4.78 is 41.2. The molecule has 11 rings (SSSR count). The van der Waals surface area contributed by atoms with Crippen molar-refractivity contribution in [2.75, 3.05) is 18.2 Å². The molecule has 360 valence electrons. The van der Waals surface area contributed by atoms with Gasteiger partial charge in [0.25, 0.3) is 5.91 Å². The number of hydrogen-bond donors (Lipinski definition) is 1. The molecule has 1 N–H and O–H groups in total. The predicted molar refractivity (Wildman–Crippen MR) is 261 cm³/mol. The van der Waals surface area contributed by atoms with Crippen molar-refractivity contribution in [1.29, 1.82) is 0 Å². The average Bonchev–Trinajstić information content (AvgIpc) is 4.00. The van der Waals surface area contributed by atoms with E-state index in [9.17, 15) is 19.2 Å². The van der Waals surface area contributed by atoms with E-state index < -0.39 is 78.1 Å². The minimum absolute atomic E-state index is 0.0770. The maximum absolute atomic E-state index is 14.9. The number of rotatable bonds is 18. The van der Waals surface area contributed by atoms with E-state index in [-0.39, 0.29) is 45.3 Å². The van der Waals surface area contributed by atoms with Gasteiger partial charge < -0.3 is 33.3 Å². The molecule has 9 atom stereocenters. The molecule has 6 aromatic rings. The van der Waals surface area contributed by atoms with Crippen LogP contribution in [0.15, 0.2) is 181 Å². The Morgan fingerprint density at radius 3 is 1.51 bits per heavy atom. The van der Waals surface area contributed by atoms with Crippen LogP contribution in [-0.4, -0.2) is 78.6 Å². The molecular formula is C58H53N3O10. The van der Waals surface area contributed by atoms with Gasteiger partial charge in [-0.3, -0.25) is 29.4 Å². The highest BCUT2D eigenvalue weighted by Gasteiger charge is 2.67. The lowest BCUT2D eigenvalue weighted by molar-refractivity contribution is -0.273. The van der Waals surface area contributed by atoms with Crippen LogP contribution < -0.4 is 10.2 Å². The molecule has 0 unspecified atom stereocenters. The molecule has 1 aliphatic carbocycles. The Kier molecular flexibility index (Phi) is 13.5. The highest BCUT2D eigenvalue weighted by molar-refractivity contribution is 6.24. The van der Waals surface area contributed by atoms with Crippen molar-refractivity contribution < 1.29 is 47.6 Å². The van der Waals surface area contributed by atoms with Crippen molar-refractivity contribution in [1.82, 2.24) is 10.2 Å². The number of para-hydroxylation sites is 1. The average molecular weight is 952 g/mol. The largest absolute Gasteiger partial charge is 0.374 e. The number of ether oxygens (including phenoxy) is 6. The summed E-state index contributed by atoms with van der Waals surface area (Å²) >= 11 is 0. The summed E-state index contributed by atoms with van der Waals surface area (Å²) in [6.45, 7) is 0.772. The van der Waals surface area contributed by atoms with Gasteiger partial charge in [-0.1, -0.05) is 170 Å². The van der Waals surface area contributed by atoms with Crippen molar-refractivity contribution in [2.24, 2.45) is 17.8 Å². The Morgan fingerprint density at radius 2 is 0.944 bits per heavy atom. The number of anilines is 1. The van der Waals surface area contributed by atoms with E-state index in [1.54, 1.807) is 0 Å². The summed E-state index contributed by atoms with van der Waals surface area (Å²) in [7, 11) is 0. The second-order valence-corrected chi connectivity index (χ2v) is 18.5. The monoisotopic (exact) mass is 951 g/mol. The number of likely N-dealkylation sites (tertiary alicyclic amines) is 1. The molecule has 0 bridgehead atoms. The quantitative estimate of drug-likeness (QED) is 0.0863. The molecule has 0 radical (unpaired) electrons. The summed E-state index contributed by atoms with van der Waals surface area (Å²) in [6.07, 6.45) is -4.34. The molecule has 6 aromatic carbocycles. The van der Waals surface area contributed by atoms with E-state index in [1.165, 1.54) is 0 Å². The topological polar surface area (TPSA) is 142 Å². The van der Waals surface area contributed by atoms with Crippen molar-refractivity contribution in [3.05, 3.63) is 215 Å². The maximum Gasteiger partial charge on any atom is 0.259 e. The van der Waals surface area contributed by atoms with Gasteiger partial charge in [-0.15, -0.1) is 0 Å². The molecule has 0 aromatic heterocycles. The zero-order chi connectivity index (χ0) is 48.3. The Bertz CT molecular complexity index is 2890. The van der Waals surface area contributed by atoms with Crippen LogP contribution in [0, 0.1) is 17.8 Å². The van der Waals surface area contributed by atoms with Crippen LogP contribution in [0.3, 0.4) is 0 Å². The third-order valence-corrected chi connectivity index (χ3v) is 14.1. The standard InChI is InChI=1S/C58H53N3O10/c62-54-46-48-47(56(64)60(57(48)65)36-67-31-38-20-8-2-9-21-38)45-42-28-16-17-29-43(42)61(50(45)49(46)55(63)59-54)58-53(70-34-41-26-14-5-15-27-41)52(69-33-40-24-12-4-13-25-40)51(68-32-39-22-10-3-11-23-39)44(71-58)35-66-30-37-18-6-1-7-19-37/h1-29,44,46,48-53,58H,30-36H2,(H,59,62,63)/t44-,46-,48-,49+,50-,51-,52+,53-,58-/m1/s1. The van der Waals surface area contributed by atoms with Crippen LogP contribution in [0.5, 0.6) is 0 Å². The Morgan fingerprint density at radius 1 is 0.479 bits per heavy atom. The van der Waals surface area contributed by atoms with Crippen molar-refractivity contribution in [2.45, 2.75) is 69.7 Å². The third kappa shape index (κ3) is 9.24. The number of carbonyl (C=O) groups is 4. The second kappa shape index (κ2) is 20.7. The first-order chi connectivity index (χ1) is 34.9. The molecular weight excluding hydrogens is 899 g/mol. The minimum atomic E-state index is -1.22. The third-order valence-electron chi connectivity index (χ3n) is 14.1. The fraction of sp³-hybridized carbons (Fsp3) is 0.276.